The van der Waals surface area contributed by atoms with Crippen molar-refractivity contribution in [2.75, 3.05) is 7.11 Å². The molecule has 114 valence electrons. The third-order valence-corrected chi connectivity index (χ3v) is 3.63. The zero-order valence-corrected chi connectivity index (χ0v) is 12.9. The molecule has 1 rings (SSSR count). The number of unbranched alkanes of at least 4 members (excludes halogenated alkanes) is 5. The molecule has 0 radical (unpaired) electrons. The summed E-state index contributed by atoms with van der Waals surface area (Å²) in [6.45, 7) is 2.25. The first-order valence-corrected chi connectivity index (χ1v) is 7.75. The van der Waals surface area contributed by atoms with E-state index in [2.05, 4.69) is 23.4 Å². The summed E-state index contributed by atoms with van der Waals surface area (Å²) in [5.74, 6) is 6.30. The van der Waals surface area contributed by atoms with E-state index in [0.29, 0.717) is 11.9 Å². The molecule has 0 fully saturated rings. The highest BCUT2D eigenvalue weighted by Crippen LogP contribution is 2.13. The van der Waals surface area contributed by atoms with E-state index in [0.717, 1.165) is 12.8 Å². The van der Waals surface area contributed by atoms with Gasteiger partial charge in [-0.25, -0.2) is 4.98 Å². The van der Waals surface area contributed by atoms with Crippen LogP contribution in [0.2, 0.25) is 0 Å². The molecule has 0 amide bonds. The third-order valence-electron chi connectivity index (χ3n) is 3.63. The molecule has 0 bridgehead atoms. The van der Waals surface area contributed by atoms with Crippen molar-refractivity contribution in [1.82, 2.24) is 10.4 Å². The summed E-state index contributed by atoms with van der Waals surface area (Å²) < 4.78 is 5.06. The zero-order valence-electron chi connectivity index (χ0n) is 12.9. The molecule has 1 atom stereocenters. The minimum Gasteiger partial charge on any atom is -0.481 e. The van der Waals surface area contributed by atoms with Crippen molar-refractivity contribution in [2.45, 2.75) is 64.3 Å². The lowest BCUT2D eigenvalue weighted by Crippen LogP contribution is -2.36. The number of hydrogen-bond acceptors (Lipinski definition) is 4. The second-order valence-corrected chi connectivity index (χ2v) is 5.33. The van der Waals surface area contributed by atoms with Gasteiger partial charge in [-0.15, -0.1) is 0 Å². The fourth-order valence-electron chi connectivity index (χ4n) is 2.35. The molecule has 0 spiro atoms. The number of nitrogens with two attached hydrogens (primary N) is 1. The molecule has 4 heteroatoms. The van der Waals surface area contributed by atoms with Crippen LogP contribution >= 0.6 is 0 Å². The fourth-order valence-corrected chi connectivity index (χ4v) is 2.35. The standard InChI is InChI=1S/C16H29N3O/c1-3-4-5-6-7-8-9-15(19-17)12-14-10-11-16(20-2)18-13-14/h10-11,13,15,19H,3-9,12,17H2,1-2H3. The predicted octanol–water partition coefficient (Wildman–Crippen LogP) is 3.22. The number of hydrazine groups is 1. The van der Waals surface area contributed by atoms with Crippen LogP contribution in [0.15, 0.2) is 18.3 Å². The number of rotatable bonds is 11. The van der Waals surface area contributed by atoms with Gasteiger partial charge in [0.2, 0.25) is 5.88 Å². The topological polar surface area (TPSA) is 60.2 Å². The van der Waals surface area contributed by atoms with Gasteiger partial charge in [-0.2, -0.15) is 0 Å². The summed E-state index contributed by atoms with van der Waals surface area (Å²) in [6.07, 6.45) is 11.8. The Kier molecular flexibility index (Phi) is 9.00. The first kappa shape index (κ1) is 16.9. The normalized spacial score (nSPS) is 12.3. The highest BCUT2D eigenvalue weighted by molar-refractivity contribution is 5.18. The van der Waals surface area contributed by atoms with Crippen molar-refractivity contribution >= 4 is 0 Å². The molecule has 0 aliphatic heterocycles. The van der Waals surface area contributed by atoms with Crippen LogP contribution in [-0.4, -0.2) is 18.1 Å². The van der Waals surface area contributed by atoms with Gasteiger partial charge in [0.1, 0.15) is 0 Å². The summed E-state index contributed by atoms with van der Waals surface area (Å²) >= 11 is 0. The summed E-state index contributed by atoms with van der Waals surface area (Å²) in [7, 11) is 1.63. The van der Waals surface area contributed by atoms with Crippen molar-refractivity contribution in [3.05, 3.63) is 23.9 Å². The van der Waals surface area contributed by atoms with E-state index < -0.39 is 0 Å². The number of pyridine rings is 1. The summed E-state index contributed by atoms with van der Waals surface area (Å²) in [5.41, 5.74) is 4.12. The van der Waals surface area contributed by atoms with Gasteiger partial charge < -0.3 is 4.74 Å². The smallest absolute Gasteiger partial charge is 0.212 e. The van der Waals surface area contributed by atoms with E-state index in [9.17, 15) is 0 Å². The van der Waals surface area contributed by atoms with Crippen LogP contribution in [0.4, 0.5) is 0 Å². The van der Waals surface area contributed by atoms with Gasteiger partial charge in [0.05, 0.1) is 7.11 Å². The van der Waals surface area contributed by atoms with E-state index in [1.165, 1.54) is 44.1 Å². The lowest BCUT2D eigenvalue weighted by atomic mass is 10.0. The molecule has 1 aromatic rings. The summed E-state index contributed by atoms with van der Waals surface area (Å²) in [6, 6.07) is 4.28. The molecule has 1 aromatic heterocycles. The predicted molar refractivity (Wildman–Crippen MR) is 83.6 cm³/mol. The Morgan fingerprint density at radius 3 is 2.55 bits per heavy atom. The van der Waals surface area contributed by atoms with Crippen molar-refractivity contribution in [3.8, 4) is 5.88 Å². The van der Waals surface area contributed by atoms with Crippen molar-refractivity contribution in [1.29, 1.82) is 0 Å². The first-order valence-electron chi connectivity index (χ1n) is 7.75. The van der Waals surface area contributed by atoms with Crippen LogP contribution < -0.4 is 16.0 Å². The molecular weight excluding hydrogens is 250 g/mol. The average molecular weight is 279 g/mol. The molecule has 0 aliphatic carbocycles. The minimum atomic E-state index is 0.330. The fraction of sp³-hybridized carbons (Fsp3) is 0.688. The van der Waals surface area contributed by atoms with Gasteiger partial charge in [0.25, 0.3) is 0 Å². The van der Waals surface area contributed by atoms with E-state index in [1.807, 2.05) is 12.3 Å². The zero-order chi connectivity index (χ0) is 14.6. The molecule has 3 N–H and O–H groups in total. The van der Waals surface area contributed by atoms with Crippen LogP contribution in [0.25, 0.3) is 0 Å². The molecule has 0 aliphatic rings. The van der Waals surface area contributed by atoms with E-state index in [-0.39, 0.29) is 0 Å². The van der Waals surface area contributed by atoms with E-state index >= 15 is 0 Å². The SMILES string of the molecule is CCCCCCCCC(Cc1ccc(OC)nc1)NN. The van der Waals surface area contributed by atoms with Crippen LogP contribution in [-0.2, 0) is 6.42 Å². The molecular formula is C16H29N3O. The number of nitrogens with zero attached hydrogens (tertiary/aromatic N) is 1. The van der Waals surface area contributed by atoms with Gasteiger partial charge in [0.15, 0.2) is 0 Å². The summed E-state index contributed by atoms with van der Waals surface area (Å²) in [5, 5.41) is 0. The highest BCUT2D eigenvalue weighted by atomic mass is 16.5. The van der Waals surface area contributed by atoms with Crippen LogP contribution in [0.5, 0.6) is 5.88 Å². The average Bonchev–Trinajstić information content (AvgIpc) is 2.50. The van der Waals surface area contributed by atoms with E-state index in [4.69, 9.17) is 10.6 Å². The maximum Gasteiger partial charge on any atom is 0.212 e. The Hall–Kier alpha value is -1.13. The Bertz CT molecular complexity index is 340. The summed E-state index contributed by atoms with van der Waals surface area (Å²) in [4.78, 5) is 4.22. The molecule has 0 saturated heterocycles. The van der Waals surface area contributed by atoms with Gasteiger partial charge >= 0.3 is 0 Å². The number of nitrogens with one attached hydrogen (secondary N) is 1. The monoisotopic (exact) mass is 279 g/mol. The maximum absolute atomic E-state index is 5.64. The Balaban J connectivity index is 2.24. The number of ether oxygens (including phenoxy) is 1. The van der Waals surface area contributed by atoms with Crippen molar-refractivity contribution in [2.24, 2.45) is 5.84 Å². The number of aromatic nitrogens is 1. The van der Waals surface area contributed by atoms with Gasteiger partial charge in [-0.05, 0) is 18.4 Å². The second kappa shape index (κ2) is 10.6. The van der Waals surface area contributed by atoms with Crippen molar-refractivity contribution in [3.63, 3.8) is 0 Å². The maximum atomic E-state index is 5.64. The molecule has 1 heterocycles. The van der Waals surface area contributed by atoms with Gasteiger partial charge in [-0.1, -0.05) is 51.5 Å². The number of methoxy groups -OCH3 is 1. The van der Waals surface area contributed by atoms with Gasteiger partial charge in [-0.3, -0.25) is 11.3 Å². The Labute approximate surface area is 123 Å². The van der Waals surface area contributed by atoms with E-state index in [1.54, 1.807) is 7.11 Å². The van der Waals surface area contributed by atoms with Gasteiger partial charge in [0, 0.05) is 18.3 Å². The number of hydrogen-bond donors (Lipinski definition) is 2. The molecule has 20 heavy (non-hydrogen) atoms. The van der Waals surface area contributed by atoms with Crippen LogP contribution in [0.3, 0.4) is 0 Å². The lowest BCUT2D eigenvalue weighted by Gasteiger charge is -2.15. The molecule has 0 aromatic carbocycles. The molecule has 1 unspecified atom stereocenters. The van der Waals surface area contributed by atoms with Crippen LogP contribution in [0.1, 0.15) is 57.4 Å². The Morgan fingerprint density at radius 2 is 1.95 bits per heavy atom. The quantitative estimate of drug-likeness (QED) is 0.371. The van der Waals surface area contributed by atoms with Crippen LogP contribution in [0, 0.1) is 0 Å². The Morgan fingerprint density at radius 1 is 1.20 bits per heavy atom. The lowest BCUT2D eigenvalue weighted by molar-refractivity contribution is 0.397. The first-order chi connectivity index (χ1) is 9.80. The minimum absolute atomic E-state index is 0.330. The third kappa shape index (κ3) is 6.87. The second-order valence-electron chi connectivity index (χ2n) is 5.33. The largest absolute Gasteiger partial charge is 0.481 e. The van der Waals surface area contributed by atoms with Crippen molar-refractivity contribution < 1.29 is 4.74 Å². The molecule has 0 saturated carbocycles. The molecule has 4 nitrogen and oxygen atoms in total. The highest BCUT2D eigenvalue weighted by Gasteiger charge is 2.08.